The number of hydrogen-bond acceptors (Lipinski definition) is 7. The Labute approximate surface area is 165 Å². The third-order valence-electron chi connectivity index (χ3n) is 4.08. The normalized spacial score (nSPS) is 13.1. The third-order valence-corrected chi connectivity index (χ3v) is 5.36. The molecule has 2 amide bonds. The standard InChI is InChI=1S/C17H20ClN5O3S/c1-10(24)19-5-3-15(25)22-17-21-12-4-6-23(9-14(12)27-17)11-7-13(26-2)16(18)20-8-11/h7-8H,3-6,9H2,1-2H3,(H,19,24)(H,21,22,25). The number of methoxy groups -OCH3 is 1. The number of fused-ring (bicyclic) bond motifs is 1. The molecule has 2 aromatic heterocycles. The van der Waals surface area contributed by atoms with Gasteiger partial charge in [0.25, 0.3) is 0 Å². The van der Waals surface area contributed by atoms with Gasteiger partial charge in [0.05, 0.1) is 31.2 Å². The maximum Gasteiger partial charge on any atom is 0.227 e. The van der Waals surface area contributed by atoms with E-state index in [1.807, 2.05) is 6.07 Å². The van der Waals surface area contributed by atoms with Crippen LogP contribution < -0.4 is 20.3 Å². The summed E-state index contributed by atoms with van der Waals surface area (Å²) in [5.74, 6) is 0.218. The lowest BCUT2D eigenvalue weighted by molar-refractivity contribution is -0.119. The van der Waals surface area contributed by atoms with E-state index in [-0.39, 0.29) is 18.2 Å². The van der Waals surface area contributed by atoms with Crippen LogP contribution in [0.15, 0.2) is 12.3 Å². The molecule has 3 heterocycles. The van der Waals surface area contributed by atoms with Crippen LogP contribution in [0.25, 0.3) is 0 Å². The number of nitrogens with zero attached hydrogens (tertiary/aromatic N) is 3. The SMILES string of the molecule is COc1cc(N2CCc3nc(NC(=O)CCNC(C)=O)sc3C2)cnc1Cl. The summed E-state index contributed by atoms with van der Waals surface area (Å²) >= 11 is 7.46. The third kappa shape index (κ3) is 4.86. The van der Waals surface area contributed by atoms with E-state index in [2.05, 4.69) is 25.5 Å². The van der Waals surface area contributed by atoms with Gasteiger partial charge in [0.1, 0.15) is 0 Å². The summed E-state index contributed by atoms with van der Waals surface area (Å²) in [6, 6.07) is 1.87. The van der Waals surface area contributed by atoms with Crippen LogP contribution in [-0.4, -0.2) is 42.0 Å². The number of carbonyl (C=O) groups excluding carboxylic acids is 2. The van der Waals surface area contributed by atoms with Gasteiger partial charge in [-0.2, -0.15) is 0 Å². The van der Waals surface area contributed by atoms with Crippen molar-refractivity contribution in [2.45, 2.75) is 26.3 Å². The largest absolute Gasteiger partial charge is 0.493 e. The second-order valence-electron chi connectivity index (χ2n) is 6.03. The number of hydrogen-bond donors (Lipinski definition) is 2. The number of amides is 2. The van der Waals surface area contributed by atoms with Crippen molar-refractivity contribution in [1.29, 1.82) is 0 Å². The molecule has 0 aliphatic carbocycles. The molecule has 144 valence electrons. The molecular weight excluding hydrogens is 390 g/mol. The van der Waals surface area contributed by atoms with Gasteiger partial charge in [0, 0.05) is 43.8 Å². The molecule has 8 nitrogen and oxygen atoms in total. The smallest absolute Gasteiger partial charge is 0.227 e. The Kier molecular flexibility index (Phi) is 6.12. The fraction of sp³-hybridized carbons (Fsp3) is 0.412. The summed E-state index contributed by atoms with van der Waals surface area (Å²) in [7, 11) is 1.56. The Morgan fingerprint density at radius 3 is 3.00 bits per heavy atom. The molecule has 0 radical (unpaired) electrons. The maximum absolute atomic E-state index is 12.0. The van der Waals surface area contributed by atoms with E-state index < -0.39 is 0 Å². The van der Waals surface area contributed by atoms with Crippen molar-refractivity contribution in [3.63, 3.8) is 0 Å². The van der Waals surface area contributed by atoms with Crippen molar-refractivity contribution in [3.05, 3.63) is 28.0 Å². The second kappa shape index (κ2) is 8.53. The van der Waals surface area contributed by atoms with Gasteiger partial charge < -0.3 is 20.3 Å². The molecule has 0 unspecified atom stereocenters. The fourth-order valence-electron chi connectivity index (χ4n) is 2.74. The molecule has 0 aromatic carbocycles. The van der Waals surface area contributed by atoms with Gasteiger partial charge in [-0.1, -0.05) is 22.9 Å². The molecule has 27 heavy (non-hydrogen) atoms. The van der Waals surface area contributed by atoms with Gasteiger partial charge in [-0.05, 0) is 0 Å². The molecule has 0 fully saturated rings. The Balaban J connectivity index is 1.63. The number of rotatable bonds is 6. The predicted octanol–water partition coefficient (Wildman–Crippen LogP) is 2.23. The number of ether oxygens (including phenoxy) is 1. The van der Waals surface area contributed by atoms with Crippen molar-refractivity contribution in [1.82, 2.24) is 15.3 Å². The number of anilines is 2. The van der Waals surface area contributed by atoms with Crippen molar-refractivity contribution >= 4 is 45.6 Å². The highest BCUT2D eigenvalue weighted by atomic mass is 35.5. The number of thiazole rings is 1. The van der Waals surface area contributed by atoms with Crippen LogP contribution >= 0.6 is 22.9 Å². The van der Waals surface area contributed by atoms with Crippen LogP contribution in [0.3, 0.4) is 0 Å². The molecule has 1 aliphatic heterocycles. The zero-order valence-corrected chi connectivity index (χ0v) is 16.6. The fourth-order valence-corrected chi connectivity index (χ4v) is 3.96. The average molecular weight is 410 g/mol. The Bertz CT molecular complexity index is 857. The molecule has 0 bridgehead atoms. The minimum atomic E-state index is -0.168. The van der Waals surface area contributed by atoms with Gasteiger partial charge >= 0.3 is 0 Å². The lowest BCUT2D eigenvalue weighted by atomic mass is 10.1. The van der Waals surface area contributed by atoms with Crippen molar-refractivity contribution in [3.8, 4) is 5.75 Å². The first-order chi connectivity index (χ1) is 13.0. The number of aromatic nitrogens is 2. The summed E-state index contributed by atoms with van der Waals surface area (Å²) in [6.45, 7) is 3.20. The van der Waals surface area contributed by atoms with E-state index in [0.717, 1.165) is 29.2 Å². The van der Waals surface area contributed by atoms with Crippen LogP contribution in [-0.2, 0) is 22.6 Å². The first-order valence-electron chi connectivity index (χ1n) is 8.43. The zero-order valence-electron chi connectivity index (χ0n) is 15.0. The number of pyridine rings is 1. The number of carbonyl (C=O) groups is 2. The minimum Gasteiger partial charge on any atom is -0.493 e. The van der Waals surface area contributed by atoms with Gasteiger partial charge in [-0.3, -0.25) is 9.59 Å². The maximum atomic E-state index is 12.0. The topological polar surface area (TPSA) is 96.5 Å². The lowest BCUT2D eigenvalue weighted by Crippen LogP contribution is -2.29. The van der Waals surface area contributed by atoms with Crippen LogP contribution in [0.5, 0.6) is 5.75 Å². The Morgan fingerprint density at radius 1 is 1.44 bits per heavy atom. The Morgan fingerprint density at radius 2 is 2.26 bits per heavy atom. The quantitative estimate of drug-likeness (QED) is 0.710. The van der Waals surface area contributed by atoms with E-state index in [1.54, 1.807) is 13.3 Å². The van der Waals surface area contributed by atoms with Crippen molar-refractivity contribution in [2.75, 3.05) is 30.4 Å². The first kappa shape index (κ1) is 19.4. The van der Waals surface area contributed by atoms with E-state index in [9.17, 15) is 9.59 Å². The second-order valence-corrected chi connectivity index (χ2v) is 7.47. The molecule has 0 atom stereocenters. The lowest BCUT2D eigenvalue weighted by Gasteiger charge is -2.28. The highest BCUT2D eigenvalue weighted by Crippen LogP contribution is 2.33. The summed E-state index contributed by atoms with van der Waals surface area (Å²) in [4.78, 5) is 34.8. The van der Waals surface area contributed by atoms with E-state index in [0.29, 0.717) is 29.1 Å². The van der Waals surface area contributed by atoms with E-state index >= 15 is 0 Å². The molecule has 2 N–H and O–H groups in total. The molecule has 0 saturated heterocycles. The summed E-state index contributed by atoms with van der Waals surface area (Å²) < 4.78 is 5.24. The monoisotopic (exact) mass is 409 g/mol. The highest BCUT2D eigenvalue weighted by molar-refractivity contribution is 7.15. The number of nitrogens with one attached hydrogen (secondary N) is 2. The molecule has 2 aromatic rings. The number of halogens is 1. The molecule has 0 spiro atoms. The van der Waals surface area contributed by atoms with Gasteiger partial charge in [0.15, 0.2) is 16.0 Å². The first-order valence-corrected chi connectivity index (χ1v) is 9.63. The molecule has 1 aliphatic rings. The van der Waals surface area contributed by atoms with Crippen LogP contribution in [0, 0.1) is 0 Å². The van der Waals surface area contributed by atoms with Gasteiger partial charge in [-0.15, -0.1) is 0 Å². The zero-order chi connectivity index (χ0) is 19.4. The van der Waals surface area contributed by atoms with Crippen LogP contribution in [0.4, 0.5) is 10.8 Å². The van der Waals surface area contributed by atoms with Gasteiger partial charge in [0.2, 0.25) is 11.8 Å². The predicted molar refractivity (Wildman–Crippen MR) is 105 cm³/mol. The molecule has 3 rings (SSSR count). The minimum absolute atomic E-state index is 0.152. The van der Waals surface area contributed by atoms with Crippen LogP contribution in [0.2, 0.25) is 5.15 Å². The molecule has 10 heteroatoms. The highest BCUT2D eigenvalue weighted by Gasteiger charge is 2.22. The summed E-state index contributed by atoms with van der Waals surface area (Å²) in [5, 5.41) is 6.32. The van der Waals surface area contributed by atoms with Crippen LogP contribution in [0.1, 0.15) is 23.9 Å². The Hall–Kier alpha value is -2.39. The average Bonchev–Trinajstić information content (AvgIpc) is 3.03. The van der Waals surface area contributed by atoms with E-state index in [1.165, 1.54) is 18.3 Å². The summed E-state index contributed by atoms with van der Waals surface area (Å²) in [5.41, 5.74) is 1.93. The molecular formula is C17H20ClN5O3S. The van der Waals surface area contributed by atoms with Crippen molar-refractivity contribution < 1.29 is 14.3 Å². The van der Waals surface area contributed by atoms with Gasteiger partial charge in [-0.25, -0.2) is 9.97 Å². The van der Waals surface area contributed by atoms with Crippen molar-refractivity contribution in [2.24, 2.45) is 0 Å². The summed E-state index contributed by atoms with van der Waals surface area (Å²) in [6.07, 6.45) is 2.71. The molecule has 0 saturated carbocycles. The van der Waals surface area contributed by atoms with E-state index in [4.69, 9.17) is 16.3 Å².